The molecule has 204 valence electrons. The van der Waals surface area contributed by atoms with Crippen LogP contribution in [0, 0.1) is 12.8 Å². The number of anilines is 3. The number of hydrogen-bond donors (Lipinski definition) is 1. The van der Waals surface area contributed by atoms with Crippen LogP contribution in [0.4, 0.5) is 21.8 Å². The van der Waals surface area contributed by atoms with Crippen LogP contribution < -0.4 is 10.2 Å². The lowest BCUT2D eigenvalue weighted by atomic mass is 9.84. The zero-order chi connectivity index (χ0) is 26.9. The Labute approximate surface area is 224 Å². The van der Waals surface area contributed by atoms with E-state index < -0.39 is 21.1 Å². The second-order valence-corrected chi connectivity index (χ2v) is 13.8. The number of nitrogens with one attached hydrogen (secondary N) is 1. The van der Waals surface area contributed by atoms with E-state index in [1.807, 2.05) is 25.7 Å². The normalized spacial score (nSPS) is 22.9. The largest absolute Gasteiger partial charge is 0.324 e. The summed E-state index contributed by atoms with van der Waals surface area (Å²) < 4.78 is 43.0. The lowest BCUT2D eigenvalue weighted by molar-refractivity contribution is -0.120. The predicted octanol–water partition coefficient (Wildman–Crippen LogP) is 5.00. The molecule has 1 amide bonds. The number of halogens is 1. The number of aromatic nitrogens is 2. The first-order valence-electron chi connectivity index (χ1n) is 13.8. The Morgan fingerprint density at radius 1 is 1.11 bits per heavy atom. The second kappa shape index (κ2) is 8.98. The van der Waals surface area contributed by atoms with E-state index in [-0.39, 0.29) is 48.7 Å². The number of rotatable bonds is 6. The molecule has 2 aliphatic carbocycles. The van der Waals surface area contributed by atoms with E-state index in [0.717, 1.165) is 55.5 Å². The first-order chi connectivity index (χ1) is 18.0. The summed E-state index contributed by atoms with van der Waals surface area (Å²) in [5, 5.41) is 3.24. The quantitative estimate of drug-likeness (QED) is 0.553. The summed E-state index contributed by atoms with van der Waals surface area (Å²) in [5.41, 5.74) is 0.630. The van der Waals surface area contributed by atoms with Crippen molar-refractivity contribution in [2.75, 3.05) is 23.3 Å². The predicted molar refractivity (Wildman–Crippen MR) is 144 cm³/mol. The van der Waals surface area contributed by atoms with Gasteiger partial charge in [-0.15, -0.1) is 0 Å². The van der Waals surface area contributed by atoms with E-state index in [2.05, 4.69) is 10.3 Å². The number of amides is 1. The zero-order valence-electron chi connectivity index (χ0n) is 22.3. The van der Waals surface area contributed by atoms with Gasteiger partial charge in [0.25, 0.3) is 0 Å². The van der Waals surface area contributed by atoms with Crippen LogP contribution in [0.3, 0.4) is 0 Å². The van der Waals surface area contributed by atoms with Crippen LogP contribution in [0.1, 0.15) is 76.3 Å². The molecule has 1 saturated heterocycles. The highest BCUT2D eigenvalue weighted by Gasteiger charge is 2.61. The van der Waals surface area contributed by atoms with Crippen LogP contribution in [0.2, 0.25) is 0 Å². The van der Waals surface area contributed by atoms with Gasteiger partial charge in [-0.1, -0.05) is 26.7 Å². The zero-order valence-corrected chi connectivity index (χ0v) is 23.2. The smallest absolute Gasteiger partial charge is 0.243 e. The van der Waals surface area contributed by atoms with E-state index >= 15 is 0 Å². The van der Waals surface area contributed by atoms with Crippen molar-refractivity contribution in [1.82, 2.24) is 14.3 Å². The SMILES string of the molecule is Cc1cc(S(=O)(=O)N2CCC(F)(C(C)C)CC2)ccc1Nc1ncc2c(n1)N(C1CCCC1)C(=O)C21CC1. The Morgan fingerprint density at radius 2 is 1.79 bits per heavy atom. The van der Waals surface area contributed by atoms with Crippen molar-refractivity contribution < 1.29 is 17.6 Å². The molecule has 0 bridgehead atoms. The van der Waals surface area contributed by atoms with Gasteiger partial charge in [-0.3, -0.25) is 9.69 Å². The lowest BCUT2D eigenvalue weighted by Crippen LogP contribution is -2.46. The highest BCUT2D eigenvalue weighted by atomic mass is 32.2. The van der Waals surface area contributed by atoms with E-state index in [1.54, 1.807) is 24.4 Å². The molecule has 2 aromatic rings. The van der Waals surface area contributed by atoms with Gasteiger partial charge >= 0.3 is 0 Å². The maximum atomic E-state index is 15.0. The summed E-state index contributed by atoms with van der Waals surface area (Å²) in [5.74, 6) is 1.15. The number of carbonyl (C=O) groups excluding carboxylic acids is 1. The molecule has 0 unspecified atom stereocenters. The minimum atomic E-state index is -3.72. The molecule has 4 aliphatic rings. The summed E-state index contributed by atoms with van der Waals surface area (Å²) in [6, 6.07) is 5.13. The van der Waals surface area contributed by atoms with Gasteiger partial charge in [-0.05, 0) is 75.1 Å². The van der Waals surface area contributed by atoms with Gasteiger partial charge in [-0.2, -0.15) is 9.29 Å². The molecular weight excluding hydrogens is 505 g/mol. The topological polar surface area (TPSA) is 95.5 Å². The minimum Gasteiger partial charge on any atom is -0.324 e. The van der Waals surface area contributed by atoms with Gasteiger partial charge in [0.05, 0.1) is 10.3 Å². The Hall–Kier alpha value is -2.59. The molecule has 1 N–H and O–H groups in total. The molecule has 3 fully saturated rings. The van der Waals surface area contributed by atoms with E-state index in [9.17, 15) is 17.6 Å². The minimum absolute atomic E-state index is 0.139. The fourth-order valence-electron chi connectivity index (χ4n) is 6.39. The molecule has 0 atom stereocenters. The molecule has 10 heteroatoms. The van der Waals surface area contributed by atoms with Gasteiger partial charge in [0, 0.05) is 36.6 Å². The van der Waals surface area contributed by atoms with Crippen LogP contribution in [0.5, 0.6) is 0 Å². The number of nitrogens with zero attached hydrogens (tertiary/aromatic N) is 4. The Kier molecular flexibility index (Phi) is 6.07. The maximum Gasteiger partial charge on any atom is 0.243 e. The summed E-state index contributed by atoms with van der Waals surface area (Å²) >= 11 is 0. The molecule has 6 rings (SSSR count). The maximum absolute atomic E-state index is 15.0. The molecule has 1 aromatic heterocycles. The van der Waals surface area contributed by atoms with Gasteiger partial charge in [0.15, 0.2) is 0 Å². The number of sulfonamides is 1. The second-order valence-electron chi connectivity index (χ2n) is 11.8. The Morgan fingerprint density at radius 3 is 2.39 bits per heavy atom. The van der Waals surface area contributed by atoms with Crippen LogP contribution in [-0.4, -0.2) is 53.4 Å². The number of fused-ring (bicyclic) bond motifs is 2. The number of aryl methyl sites for hydroxylation is 1. The van der Waals surface area contributed by atoms with Crippen molar-refractivity contribution in [2.24, 2.45) is 5.92 Å². The molecule has 8 nitrogen and oxygen atoms in total. The van der Waals surface area contributed by atoms with Crippen LogP contribution in [0.15, 0.2) is 29.3 Å². The molecule has 0 radical (unpaired) electrons. The van der Waals surface area contributed by atoms with Crippen LogP contribution in [0.25, 0.3) is 0 Å². The van der Waals surface area contributed by atoms with Crippen molar-refractivity contribution in [3.8, 4) is 0 Å². The molecule has 3 heterocycles. The Bertz CT molecular complexity index is 1380. The molecule has 2 aliphatic heterocycles. The highest BCUT2D eigenvalue weighted by Crippen LogP contribution is 2.57. The van der Waals surface area contributed by atoms with Gasteiger partial charge < -0.3 is 5.32 Å². The number of carbonyl (C=O) groups is 1. The summed E-state index contributed by atoms with van der Waals surface area (Å²) in [7, 11) is -3.72. The van der Waals surface area contributed by atoms with Crippen molar-refractivity contribution in [3.63, 3.8) is 0 Å². The third-order valence-corrected chi connectivity index (χ3v) is 11.1. The van der Waals surface area contributed by atoms with Crippen LogP contribution >= 0.6 is 0 Å². The average Bonchev–Trinajstić information content (AvgIpc) is 3.45. The van der Waals surface area contributed by atoms with E-state index in [1.165, 1.54) is 4.31 Å². The van der Waals surface area contributed by atoms with Crippen molar-refractivity contribution >= 4 is 33.4 Å². The summed E-state index contributed by atoms with van der Waals surface area (Å²) in [6.45, 7) is 5.88. The first-order valence-corrected chi connectivity index (χ1v) is 15.3. The fourth-order valence-corrected chi connectivity index (χ4v) is 7.91. The van der Waals surface area contributed by atoms with E-state index in [0.29, 0.717) is 11.6 Å². The monoisotopic (exact) mass is 541 g/mol. The van der Waals surface area contributed by atoms with Crippen molar-refractivity contribution in [3.05, 3.63) is 35.5 Å². The standard InChI is InChI=1S/C28H36FN5O3S/c1-18(2)28(29)12-14-33(15-13-28)38(36,37)21-8-9-23(19(3)16-21)31-26-30-17-22-24(32-26)34(20-6-4-5-7-20)25(35)27(22)10-11-27/h8-9,16-18,20H,4-7,10-15H2,1-3H3,(H,30,31,32). The third-order valence-electron chi connectivity index (χ3n) is 9.25. The molecule has 2 saturated carbocycles. The lowest BCUT2D eigenvalue weighted by Gasteiger charge is -2.38. The third kappa shape index (κ3) is 4.02. The number of hydrogen-bond acceptors (Lipinski definition) is 6. The highest BCUT2D eigenvalue weighted by molar-refractivity contribution is 7.89. The average molecular weight is 542 g/mol. The summed E-state index contributed by atoms with van der Waals surface area (Å²) in [4.78, 5) is 24.8. The molecule has 38 heavy (non-hydrogen) atoms. The van der Waals surface area contributed by atoms with Crippen LogP contribution in [-0.2, 0) is 20.2 Å². The fraction of sp³-hybridized carbons (Fsp3) is 0.607. The van der Waals surface area contributed by atoms with Gasteiger partial charge in [-0.25, -0.2) is 17.8 Å². The first kappa shape index (κ1) is 25.7. The molecule has 1 spiro atoms. The molecular formula is C28H36FN5O3S. The van der Waals surface area contributed by atoms with Gasteiger partial charge in [0.1, 0.15) is 11.5 Å². The van der Waals surface area contributed by atoms with Gasteiger partial charge in [0.2, 0.25) is 21.9 Å². The van der Waals surface area contributed by atoms with Crippen molar-refractivity contribution in [2.45, 2.75) is 94.2 Å². The Balaban J connectivity index is 1.22. The number of alkyl halides is 1. The number of piperidine rings is 1. The molecule has 1 aromatic carbocycles. The van der Waals surface area contributed by atoms with Crippen molar-refractivity contribution in [1.29, 1.82) is 0 Å². The summed E-state index contributed by atoms with van der Waals surface area (Å²) in [6.07, 6.45) is 8.18. The van der Waals surface area contributed by atoms with E-state index in [4.69, 9.17) is 4.98 Å². The number of benzene rings is 1.